The van der Waals surface area contributed by atoms with Crippen molar-refractivity contribution in [2.45, 2.75) is 45.8 Å². The molecule has 162 valence electrons. The van der Waals surface area contributed by atoms with E-state index in [0.717, 1.165) is 0 Å². The van der Waals surface area contributed by atoms with Crippen LogP contribution in [0.2, 0.25) is 5.02 Å². The number of carbonyl (C=O) groups is 2. The number of alkyl carbamates (subject to hydrolysis) is 1. The number of amides is 2. The number of rotatable bonds is 7. The zero-order valence-corrected chi connectivity index (χ0v) is 18.7. The maximum Gasteiger partial charge on any atom is 0.408 e. The molecule has 0 fully saturated rings. The lowest BCUT2D eigenvalue weighted by molar-refractivity contribution is 0.0473. The molecule has 0 heterocycles. The minimum atomic E-state index is -0.557. The molecule has 29 heavy (non-hydrogen) atoms. The summed E-state index contributed by atoms with van der Waals surface area (Å²) in [6.07, 6.45) is -0.477. The number of hydrogen-bond donors (Lipinski definition) is 4. The molecule has 2 amide bonds. The Bertz CT molecular complexity index is 729. The maximum absolute atomic E-state index is 12.1. The van der Waals surface area contributed by atoms with Crippen molar-refractivity contribution in [2.24, 2.45) is 4.99 Å². The average Bonchev–Trinajstić information content (AvgIpc) is 2.59. The quantitative estimate of drug-likeness (QED) is 0.305. The highest BCUT2D eigenvalue weighted by atomic mass is 35.5. The average molecular weight is 426 g/mol. The van der Waals surface area contributed by atoms with Crippen LogP contribution in [0.4, 0.5) is 4.79 Å². The zero-order chi connectivity index (χ0) is 22.1. The van der Waals surface area contributed by atoms with E-state index in [1.807, 2.05) is 34.6 Å². The molecule has 0 radical (unpaired) electrons. The molecule has 1 aromatic carbocycles. The molecule has 0 spiro atoms. The third kappa shape index (κ3) is 10.0. The van der Waals surface area contributed by atoms with Gasteiger partial charge < -0.3 is 26.0 Å². The van der Waals surface area contributed by atoms with Gasteiger partial charge in [0.25, 0.3) is 5.91 Å². The van der Waals surface area contributed by atoms with Crippen LogP contribution in [0.25, 0.3) is 0 Å². The molecule has 0 atom stereocenters. The van der Waals surface area contributed by atoms with E-state index >= 15 is 0 Å². The van der Waals surface area contributed by atoms with E-state index in [1.54, 1.807) is 31.3 Å². The van der Waals surface area contributed by atoms with E-state index in [-0.39, 0.29) is 5.91 Å². The van der Waals surface area contributed by atoms with Crippen molar-refractivity contribution >= 4 is 29.6 Å². The van der Waals surface area contributed by atoms with E-state index in [9.17, 15) is 9.59 Å². The molecule has 0 bridgehead atoms. The minimum absolute atomic E-state index is 0.233. The molecule has 0 aliphatic heterocycles. The smallest absolute Gasteiger partial charge is 0.408 e. The summed E-state index contributed by atoms with van der Waals surface area (Å²) >= 11 is 6.02. The summed E-state index contributed by atoms with van der Waals surface area (Å²) in [5, 5.41) is 12.3. The summed E-state index contributed by atoms with van der Waals surface area (Å²) in [6, 6.07) is 6.88. The van der Waals surface area contributed by atoms with Crippen LogP contribution >= 0.6 is 11.6 Å². The molecule has 0 aliphatic rings. The van der Waals surface area contributed by atoms with Gasteiger partial charge in [-0.1, -0.05) is 23.7 Å². The monoisotopic (exact) mass is 425 g/mol. The lowest BCUT2D eigenvalue weighted by Crippen LogP contribution is -2.54. The van der Waals surface area contributed by atoms with Gasteiger partial charge in [-0.25, -0.2) is 4.79 Å². The number of benzene rings is 1. The van der Waals surface area contributed by atoms with Gasteiger partial charge in [0, 0.05) is 26.7 Å². The zero-order valence-electron chi connectivity index (χ0n) is 18.0. The predicted molar refractivity (Wildman–Crippen MR) is 117 cm³/mol. The molecule has 9 heteroatoms. The van der Waals surface area contributed by atoms with Crippen LogP contribution < -0.4 is 21.3 Å². The molecule has 0 aliphatic carbocycles. The highest BCUT2D eigenvalue weighted by Crippen LogP contribution is 2.14. The fourth-order valence-electron chi connectivity index (χ4n) is 2.25. The van der Waals surface area contributed by atoms with Crippen molar-refractivity contribution in [3.8, 4) is 0 Å². The molecule has 4 N–H and O–H groups in total. The van der Waals surface area contributed by atoms with Crippen LogP contribution in [0, 0.1) is 0 Å². The first-order chi connectivity index (χ1) is 13.4. The minimum Gasteiger partial charge on any atom is -0.444 e. The van der Waals surface area contributed by atoms with Gasteiger partial charge >= 0.3 is 6.09 Å². The lowest BCUT2D eigenvalue weighted by Gasteiger charge is -2.29. The fraction of sp³-hybridized carbons (Fsp3) is 0.550. The Balaban J connectivity index is 2.38. The summed E-state index contributed by atoms with van der Waals surface area (Å²) in [7, 11) is 1.64. The summed E-state index contributed by atoms with van der Waals surface area (Å²) in [4.78, 5) is 28.2. The van der Waals surface area contributed by atoms with Crippen LogP contribution in [0.1, 0.15) is 45.0 Å². The number of aliphatic imine (C=N–C) groups is 1. The normalized spacial score (nSPS) is 12.2. The standard InChI is InChI=1S/C20H32ClN5O3/c1-19(2,3)29-18(28)26-20(4,5)13-25-17(22-6)24-12-11-23-16(27)14-9-7-8-10-15(14)21/h7-10H,11-13H2,1-6H3,(H,23,27)(H,26,28)(H2,22,24,25). The number of hydrogen-bond acceptors (Lipinski definition) is 4. The summed E-state index contributed by atoms with van der Waals surface area (Å²) in [5.41, 5.74) is -0.677. The predicted octanol–water partition coefficient (Wildman–Crippen LogP) is 2.54. The number of ether oxygens (including phenoxy) is 1. The Kier molecular flexibility index (Phi) is 9.23. The number of guanidine groups is 1. The Morgan fingerprint density at radius 1 is 1.03 bits per heavy atom. The second-order valence-corrected chi connectivity index (χ2v) is 8.51. The lowest BCUT2D eigenvalue weighted by atomic mass is 10.1. The van der Waals surface area contributed by atoms with Gasteiger partial charge in [0.05, 0.1) is 16.1 Å². The van der Waals surface area contributed by atoms with Gasteiger partial charge in [0.15, 0.2) is 5.96 Å². The first-order valence-electron chi connectivity index (χ1n) is 9.42. The highest BCUT2D eigenvalue weighted by molar-refractivity contribution is 6.33. The number of nitrogens with zero attached hydrogens (tertiary/aromatic N) is 1. The summed E-state index contributed by atoms with van der Waals surface area (Å²) in [6.45, 7) is 10.5. The number of nitrogens with one attached hydrogen (secondary N) is 4. The Labute approximate surface area is 177 Å². The third-order valence-corrected chi connectivity index (χ3v) is 3.91. The first-order valence-corrected chi connectivity index (χ1v) is 9.80. The largest absolute Gasteiger partial charge is 0.444 e. The molecule has 1 rings (SSSR count). The second kappa shape index (κ2) is 10.9. The van der Waals surface area contributed by atoms with Crippen molar-refractivity contribution in [3.63, 3.8) is 0 Å². The Morgan fingerprint density at radius 3 is 2.24 bits per heavy atom. The number of halogens is 1. The van der Waals surface area contributed by atoms with Crippen LogP contribution in [0.15, 0.2) is 29.3 Å². The molecule has 0 unspecified atom stereocenters. The number of carbonyl (C=O) groups excluding carboxylic acids is 2. The van der Waals surface area contributed by atoms with Crippen molar-refractivity contribution in [1.29, 1.82) is 0 Å². The molecule has 8 nitrogen and oxygen atoms in total. The van der Waals surface area contributed by atoms with Crippen molar-refractivity contribution in [1.82, 2.24) is 21.3 Å². The van der Waals surface area contributed by atoms with Crippen LogP contribution in [-0.4, -0.2) is 55.8 Å². The second-order valence-electron chi connectivity index (χ2n) is 8.10. The van der Waals surface area contributed by atoms with Crippen molar-refractivity contribution in [3.05, 3.63) is 34.9 Å². The Morgan fingerprint density at radius 2 is 1.66 bits per heavy atom. The van der Waals surface area contributed by atoms with Gasteiger partial charge in [-0.05, 0) is 46.8 Å². The summed E-state index contributed by atoms with van der Waals surface area (Å²) in [5.74, 6) is 0.319. The molecule has 0 saturated carbocycles. The van der Waals surface area contributed by atoms with E-state index < -0.39 is 17.2 Å². The summed E-state index contributed by atoms with van der Waals surface area (Å²) < 4.78 is 5.28. The third-order valence-electron chi connectivity index (χ3n) is 3.58. The first kappa shape index (κ1) is 24.6. The van der Waals surface area contributed by atoms with E-state index in [4.69, 9.17) is 16.3 Å². The van der Waals surface area contributed by atoms with Crippen molar-refractivity contribution in [2.75, 3.05) is 26.7 Å². The van der Waals surface area contributed by atoms with Crippen molar-refractivity contribution < 1.29 is 14.3 Å². The van der Waals surface area contributed by atoms with E-state index in [1.165, 1.54) is 0 Å². The van der Waals surface area contributed by atoms with Crippen LogP contribution in [0.5, 0.6) is 0 Å². The maximum atomic E-state index is 12.1. The van der Waals surface area contributed by atoms with Gasteiger partial charge in [-0.3, -0.25) is 9.79 Å². The molecule has 1 aromatic rings. The Hall–Kier alpha value is -2.48. The topological polar surface area (TPSA) is 104 Å². The molecule has 0 saturated heterocycles. The fourth-order valence-corrected chi connectivity index (χ4v) is 2.47. The van der Waals surface area contributed by atoms with Gasteiger partial charge in [-0.2, -0.15) is 0 Å². The molecular formula is C20H32ClN5O3. The molecule has 0 aromatic heterocycles. The molecular weight excluding hydrogens is 394 g/mol. The SMILES string of the molecule is CN=C(NCCNC(=O)c1ccccc1Cl)NCC(C)(C)NC(=O)OC(C)(C)C. The van der Waals surface area contributed by atoms with E-state index in [2.05, 4.69) is 26.3 Å². The van der Waals surface area contributed by atoms with Gasteiger partial charge in [0.1, 0.15) is 5.60 Å². The van der Waals surface area contributed by atoms with Crippen LogP contribution in [-0.2, 0) is 4.74 Å². The van der Waals surface area contributed by atoms with E-state index in [0.29, 0.717) is 36.2 Å². The van der Waals surface area contributed by atoms with Gasteiger partial charge in [-0.15, -0.1) is 0 Å². The van der Waals surface area contributed by atoms with Gasteiger partial charge in [0.2, 0.25) is 0 Å². The highest BCUT2D eigenvalue weighted by Gasteiger charge is 2.24. The van der Waals surface area contributed by atoms with Crippen LogP contribution in [0.3, 0.4) is 0 Å².